The van der Waals surface area contributed by atoms with Gasteiger partial charge in [0.05, 0.1) is 10.9 Å². The van der Waals surface area contributed by atoms with Crippen LogP contribution in [0.2, 0.25) is 0 Å². The Kier molecular flexibility index (Phi) is 1.21. The zero-order valence-electron chi connectivity index (χ0n) is 6.93. The number of aryl methyl sites for hydroxylation is 1. The molecule has 0 aliphatic rings. The van der Waals surface area contributed by atoms with E-state index in [4.69, 9.17) is 0 Å². The number of fused-ring (bicyclic) bond motifs is 3. The smallest absolute Gasteiger partial charge is 0.186 e. The Balaban J connectivity index is 2.66. The molecular formula is C8H6N4S. The first-order valence-electron chi connectivity index (χ1n) is 3.90. The van der Waals surface area contributed by atoms with Gasteiger partial charge in [-0.3, -0.25) is 0 Å². The molecular weight excluding hydrogens is 184 g/mol. The summed E-state index contributed by atoms with van der Waals surface area (Å²) in [5, 5.41) is 15.5. The maximum atomic E-state index is 4.24. The fourth-order valence-corrected chi connectivity index (χ4v) is 2.12. The SMILES string of the molecule is Cc1nnc2c3ccsc3cnn12. The minimum Gasteiger partial charge on any atom is -0.197 e. The second-order valence-corrected chi connectivity index (χ2v) is 3.77. The predicted octanol–water partition coefficient (Wildman–Crippen LogP) is 1.65. The molecule has 0 bridgehead atoms. The van der Waals surface area contributed by atoms with Crippen LogP contribution in [0.4, 0.5) is 0 Å². The summed E-state index contributed by atoms with van der Waals surface area (Å²) in [6.45, 7) is 1.89. The van der Waals surface area contributed by atoms with Crippen LogP contribution in [0.3, 0.4) is 0 Å². The highest BCUT2D eigenvalue weighted by Crippen LogP contribution is 2.22. The summed E-state index contributed by atoms with van der Waals surface area (Å²) >= 11 is 1.67. The molecule has 0 aliphatic carbocycles. The van der Waals surface area contributed by atoms with Crippen molar-refractivity contribution >= 4 is 27.1 Å². The van der Waals surface area contributed by atoms with Crippen LogP contribution in [-0.2, 0) is 0 Å². The number of hydrogen-bond acceptors (Lipinski definition) is 4. The minimum absolute atomic E-state index is 0.822. The normalized spacial score (nSPS) is 11.5. The monoisotopic (exact) mass is 190 g/mol. The first-order chi connectivity index (χ1) is 6.36. The van der Waals surface area contributed by atoms with Crippen LogP contribution in [0.1, 0.15) is 5.82 Å². The molecule has 0 aliphatic heterocycles. The third-order valence-electron chi connectivity index (χ3n) is 2.02. The highest BCUT2D eigenvalue weighted by Gasteiger charge is 2.06. The second-order valence-electron chi connectivity index (χ2n) is 2.83. The van der Waals surface area contributed by atoms with Crippen molar-refractivity contribution in [2.75, 3.05) is 0 Å². The number of nitrogens with zero attached hydrogens (tertiary/aromatic N) is 4. The molecule has 0 atom stereocenters. The first-order valence-corrected chi connectivity index (χ1v) is 4.78. The molecule has 3 rings (SSSR count). The fraction of sp³-hybridized carbons (Fsp3) is 0.125. The maximum Gasteiger partial charge on any atom is 0.186 e. The van der Waals surface area contributed by atoms with Crippen molar-refractivity contribution in [3.8, 4) is 0 Å². The van der Waals surface area contributed by atoms with Crippen LogP contribution in [0.5, 0.6) is 0 Å². The molecule has 4 nitrogen and oxygen atoms in total. The molecule has 0 spiro atoms. The second kappa shape index (κ2) is 2.26. The van der Waals surface area contributed by atoms with Gasteiger partial charge < -0.3 is 0 Å². The van der Waals surface area contributed by atoms with Crippen LogP contribution in [0.25, 0.3) is 15.7 Å². The average molecular weight is 190 g/mol. The molecule has 0 unspecified atom stereocenters. The van der Waals surface area contributed by atoms with Crippen molar-refractivity contribution in [1.82, 2.24) is 19.8 Å². The van der Waals surface area contributed by atoms with E-state index in [2.05, 4.69) is 15.3 Å². The first kappa shape index (κ1) is 6.97. The zero-order chi connectivity index (χ0) is 8.84. The van der Waals surface area contributed by atoms with E-state index in [1.165, 1.54) is 0 Å². The lowest BCUT2D eigenvalue weighted by atomic mass is 10.4. The fourth-order valence-electron chi connectivity index (χ4n) is 1.38. The lowest BCUT2D eigenvalue weighted by Crippen LogP contribution is -1.92. The molecule has 0 saturated carbocycles. The Hall–Kier alpha value is -1.49. The van der Waals surface area contributed by atoms with Gasteiger partial charge in [0.25, 0.3) is 0 Å². The van der Waals surface area contributed by atoms with Gasteiger partial charge in [-0.15, -0.1) is 21.5 Å². The molecule has 64 valence electrons. The summed E-state index contributed by atoms with van der Waals surface area (Å²) in [7, 11) is 0. The van der Waals surface area contributed by atoms with E-state index in [-0.39, 0.29) is 0 Å². The molecule has 3 aromatic rings. The summed E-state index contributed by atoms with van der Waals surface area (Å²) in [5.74, 6) is 0.822. The molecule has 0 amide bonds. The summed E-state index contributed by atoms with van der Waals surface area (Å²) in [6, 6.07) is 2.05. The van der Waals surface area contributed by atoms with Crippen molar-refractivity contribution in [1.29, 1.82) is 0 Å². The predicted molar refractivity (Wildman–Crippen MR) is 50.9 cm³/mol. The van der Waals surface area contributed by atoms with Crippen LogP contribution >= 0.6 is 11.3 Å². The van der Waals surface area contributed by atoms with Gasteiger partial charge in [-0.1, -0.05) is 0 Å². The van der Waals surface area contributed by atoms with Crippen molar-refractivity contribution < 1.29 is 0 Å². The highest BCUT2D eigenvalue weighted by molar-refractivity contribution is 7.17. The quantitative estimate of drug-likeness (QED) is 0.541. The van der Waals surface area contributed by atoms with Gasteiger partial charge in [0.2, 0.25) is 0 Å². The van der Waals surface area contributed by atoms with Crippen LogP contribution in [0.15, 0.2) is 17.6 Å². The topological polar surface area (TPSA) is 43.1 Å². The van der Waals surface area contributed by atoms with Gasteiger partial charge in [-0.05, 0) is 18.4 Å². The number of hydrogen-bond donors (Lipinski definition) is 0. The van der Waals surface area contributed by atoms with Gasteiger partial charge in [0, 0.05) is 5.39 Å². The van der Waals surface area contributed by atoms with Crippen molar-refractivity contribution in [2.24, 2.45) is 0 Å². The third-order valence-corrected chi connectivity index (χ3v) is 2.87. The summed E-state index contributed by atoms with van der Waals surface area (Å²) < 4.78 is 2.91. The zero-order valence-corrected chi connectivity index (χ0v) is 7.75. The molecule has 0 radical (unpaired) electrons. The lowest BCUT2D eigenvalue weighted by Gasteiger charge is -1.92. The Morgan fingerprint density at radius 1 is 1.38 bits per heavy atom. The molecule has 0 N–H and O–H groups in total. The number of aromatic nitrogens is 4. The van der Waals surface area contributed by atoms with Gasteiger partial charge in [-0.25, -0.2) is 0 Å². The standard InChI is InChI=1S/C8H6N4S/c1-5-10-11-8-6-2-3-13-7(6)4-9-12(5)8/h2-4H,1H3. The molecule has 0 aromatic carbocycles. The van der Waals surface area contributed by atoms with Crippen LogP contribution in [0, 0.1) is 6.92 Å². The highest BCUT2D eigenvalue weighted by atomic mass is 32.1. The van der Waals surface area contributed by atoms with Gasteiger partial charge in [-0.2, -0.15) is 9.61 Å². The van der Waals surface area contributed by atoms with Crippen molar-refractivity contribution in [3.63, 3.8) is 0 Å². The number of thiophene rings is 1. The van der Waals surface area contributed by atoms with Crippen LogP contribution in [-0.4, -0.2) is 19.8 Å². The van der Waals surface area contributed by atoms with E-state index < -0.39 is 0 Å². The molecule has 0 fully saturated rings. The molecule has 0 saturated heterocycles. The van der Waals surface area contributed by atoms with E-state index in [1.807, 2.05) is 24.6 Å². The van der Waals surface area contributed by atoms with E-state index in [1.54, 1.807) is 15.9 Å². The molecule has 3 heterocycles. The maximum absolute atomic E-state index is 4.24. The Labute approximate surface area is 77.8 Å². The lowest BCUT2D eigenvalue weighted by molar-refractivity contribution is 0.882. The van der Waals surface area contributed by atoms with Crippen molar-refractivity contribution in [2.45, 2.75) is 6.92 Å². The Morgan fingerprint density at radius 2 is 2.31 bits per heavy atom. The largest absolute Gasteiger partial charge is 0.197 e. The molecule has 3 aromatic heterocycles. The summed E-state index contributed by atoms with van der Waals surface area (Å²) in [5.41, 5.74) is 0.844. The Morgan fingerprint density at radius 3 is 3.23 bits per heavy atom. The van der Waals surface area contributed by atoms with Gasteiger partial charge >= 0.3 is 0 Å². The average Bonchev–Trinajstić information content (AvgIpc) is 2.70. The van der Waals surface area contributed by atoms with E-state index in [9.17, 15) is 0 Å². The van der Waals surface area contributed by atoms with Gasteiger partial charge in [0.1, 0.15) is 0 Å². The Bertz CT molecular complexity index is 580. The van der Waals surface area contributed by atoms with Crippen LogP contribution < -0.4 is 0 Å². The minimum atomic E-state index is 0.822. The van der Waals surface area contributed by atoms with Gasteiger partial charge in [0.15, 0.2) is 11.5 Å². The van der Waals surface area contributed by atoms with E-state index >= 15 is 0 Å². The van der Waals surface area contributed by atoms with E-state index in [0.717, 1.165) is 21.6 Å². The summed E-state index contributed by atoms with van der Waals surface area (Å²) in [6.07, 6.45) is 1.85. The number of rotatable bonds is 0. The third kappa shape index (κ3) is 0.818. The molecule has 5 heteroatoms. The van der Waals surface area contributed by atoms with E-state index in [0.29, 0.717) is 0 Å². The summed E-state index contributed by atoms with van der Waals surface area (Å²) in [4.78, 5) is 0. The van der Waals surface area contributed by atoms with Crippen molar-refractivity contribution in [3.05, 3.63) is 23.5 Å². The molecule has 13 heavy (non-hydrogen) atoms.